The standard InChI is InChI=1S/C14H17N3O4/c1-10-4-2-6-16(8-10)12(18)9-17-14(19)21-13(15-17)11-5-3-7-20-11/h3,5,7,10H,2,4,6,8-9H2,1H3. The van der Waals surface area contributed by atoms with Gasteiger partial charge in [0.05, 0.1) is 6.26 Å². The Morgan fingerprint density at radius 2 is 2.38 bits per heavy atom. The zero-order valence-corrected chi connectivity index (χ0v) is 11.8. The highest BCUT2D eigenvalue weighted by Gasteiger charge is 2.23. The van der Waals surface area contributed by atoms with Gasteiger partial charge in [0.2, 0.25) is 5.91 Å². The Morgan fingerprint density at radius 3 is 3.10 bits per heavy atom. The lowest BCUT2D eigenvalue weighted by atomic mass is 10.0. The fraction of sp³-hybridized carbons (Fsp3) is 0.500. The van der Waals surface area contributed by atoms with Gasteiger partial charge < -0.3 is 13.7 Å². The first-order valence-corrected chi connectivity index (χ1v) is 7.03. The number of furan rings is 1. The van der Waals surface area contributed by atoms with Crippen LogP contribution in [0.5, 0.6) is 0 Å². The summed E-state index contributed by atoms with van der Waals surface area (Å²) in [6.45, 7) is 3.49. The van der Waals surface area contributed by atoms with Gasteiger partial charge in [0.15, 0.2) is 5.76 Å². The van der Waals surface area contributed by atoms with Crippen molar-refractivity contribution < 1.29 is 13.6 Å². The number of amides is 1. The summed E-state index contributed by atoms with van der Waals surface area (Å²) in [6.07, 6.45) is 3.60. The van der Waals surface area contributed by atoms with Gasteiger partial charge >= 0.3 is 5.76 Å². The molecule has 0 spiro atoms. The number of piperidine rings is 1. The van der Waals surface area contributed by atoms with Gasteiger partial charge in [-0.3, -0.25) is 4.79 Å². The summed E-state index contributed by atoms with van der Waals surface area (Å²) in [6, 6.07) is 3.32. The van der Waals surface area contributed by atoms with Gasteiger partial charge in [-0.25, -0.2) is 4.79 Å². The quantitative estimate of drug-likeness (QED) is 0.852. The summed E-state index contributed by atoms with van der Waals surface area (Å²) < 4.78 is 11.2. The molecule has 3 heterocycles. The molecule has 0 aromatic carbocycles. The molecule has 3 rings (SSSR count). The van der Waals surface area contributed by atoms with Crippen molar-refractivity contribution in [3.05, 3.63) is 28.9 Å². The number of aromatic nitrogens is 2. The number of hydrogen-bond acceptors (Lipinski definition) is 5. The van der Waals surface area contributed by atoms with Gasteiger partial charge in [0, 0.05) is 13.1 Å². The van der Waals surface area contributed by atoms with E-state index in [1.54, 1.807) is 17.0 Å². The summed E-state index contributed by atoms with van der Waals surface area (Å²) in [5, 5.41) is 4.00. The SMILES string of the molecule is CC1CCCN(C(=O)Cn2nc(-c3ccco3)oc2=O)C1. The molecule has 1 aliphatic rings. The van der Waals surface area contributed by atoms with Crippen molar-refractivity contribution in [1.29, 1.82) is 0 Å². The number of carbonyl (C=O) groups excluding carboxylic acids is 1. The van der Waals surface area contributed by atoms with Crippen LogP contribution in [-0.4, -0.2) is 33.7 Å². The molecule has 0 aliphatic carbocycles. The van der Waals surface area contributed by atoms with Crippen LogP contribution in [-0.2, 0) is 11.3 Å². The second-order valence-corrected chi connectivity index (χ2v) is 5.40. The Morgan fingerprint density at radius 1 is 1.52 bits per heavy atom. The third-order valence-corrected chi connectivity index (χ3v) is 3.63. The monoisotopic (exact) mass is 291 g/mol. The van der Waals surface area contributed by atoms with E-state index < -0.39 is 5.76 Å². The highest BCUT2D eigenvalue weighted by Crippen LogP contribution is 2.17. The van der Waals surface area contributed by atoms with E-state index >= 15 is 0 Å². The molecular formula is C14H17N3O4. The molecule has 21 heavy (non-hydrogen) atoms. The molecule has 1 unspecified atom stereocenters. The van der Waals surface area contributed by atoms with Crippen LogP contribution in [0, 0.1) is 5.92 Å². The molecule has 1 fully saturated rings. The summed E-state index contributed by atoms with van der Waals surface area (Å²) >= 11 is 0. The number of likely N-dealkylation sites (tertiary alicyclic amines) is 1. The Labute approximate surface area is 121 Å². The van der Waals surface area contributed by atoms with Gasteiger partial charge in [-0.05, 0) is 30.9 Å². The minimum Gasteiger partial charge on any atom is -0.459 e. The van der Waals surface area contributed by atoms with E-state index in [-0.39, 0.29) is 18.3 Å². The molecule has 2 aromatic rings. The molecule has 0 radical (unpaired) electrons. The number of carbonyl (C=O) groups is 1. The molecule has 7 nitrogen and oxygen atoms in total. The van der Waals surface area contributed by atoms with Gasteiger partial charge in [0.1, 0.15) is 6.54 Å². The highest BCUT2D eigenvalue weighted by atomic mass is 16.4. The first-order valence-electron chi connectivity index (χ1n) is 7.03. The maximum Gasteiger partial charge on any atom is 0.437 e. The smallest absolute Gasteiger partial charge is 0.437 e. The average Bonchev–Trinajstić information content (AvgIpc) is 3.09. The molecule has 2 aromatic heterocycles. The van der Waals surface area contributed by atoms with Crippen molar-refractivity contribution in [2.24, 2.45) is 5.92 Å². The Balaban J connectivity index is 1.73. The fourth-order valence-electron chi connectivity index (χ4n) is 2.55. The topological polar surface area (TPSA) is 81.5 Å². The van der Waals surface area contributed by atoms with E-state index in [4.69, 9.17) is 8.83 Å². The molecule has 1 aliphatic heterocycles. The number of rotatable bonds is 3. The van der Waals surface area contributed by atoms with E-state index in [0.29, 0.717) is 11.7 Å². The predicted octanol–water partition coefficient (Wildman–Crippen LogP) is 1.35. The van der Waals surface area contributed by atoms with Crippen molar-refractivity contribution >= 4 is 5.91 Å². The lowest BCUT2D eigenvalue weighted by Gasteiger charge is -2.30. The van der Waals surface area contributed by atoms with Crippen LogP contribution in [0.15, 0.2) is 32.0 Å². The molecule has 1 saturated heterocycles. The lowest BCUT2D eigenvalue weighted by Crippen LogP contribution is -2.42. The zero-order valence-electron chi connectivity index (χ0n) is 11.8. The fourth-order valence-corrected chi connectivity index (χ4v) is 2.55. The van der Waals surface area contributed by atoms with Crippen molar-refractivity contribution in [2.75, 3.05) is 13.1 Å². The molecule has 0 N–H and O–H groups in total. The molecular weight excluding hydrogens is 274 g/mol. The number of nitrogens with zero attached hydrogens (tertiary/aromatic N) is 3. The molecule has 112 valence electrons. The van der Waals surface area contributed by atoms with E-state index in [1.165, 1.54) is 6.26 Å². The second-order valence-electron chi connectivity index (χ2n) is 5.40. The van der Waals surface area contributed by atoms with Gasteiger partial charge in [-0.15, -0.1) is 5.10 Å². The molecule has 0 bridgehead atoms. The number of hydrogen-bond donors (Lipinski definition) is 0. The van der Waals surface area contributed by atoms with Crippen molar-refractivity contribution in [1.82, 2.24) is 14.7 Å². The minimum absolute atomic E-state index is 0.0878. The largest absolute Gasteiger partial charge is 0.459 e. The lowest BCUT2D eigenvalue weighted by molar-refractivity contribution is -0.133. The van der Waals surface area contributed by atoms with Crippen molar-refractivity contribution in [2.45, 2.75) is 26.3 Å². The Kier molecular flexibility index (Phi) is 3.64. The van der Waals surface area contributed by atoms with Crippen molar-refractivity contribution in [3.63, 3.8) is 0 Å². The van der Waals surface area contributed by atoms with Gasteiger partial charge in [-0.1, -0.05) is 6.92 Å². The Bertz CT molecular complexity index is 671. The maximum atomic E-state index is 12.2. The summed E-state index contributed by atoms with van der Waals surface area (Å²) in [5.74, 6) is 0.188. The molecule has 7 heteroatoms. The third-order valence-electron chi connectivity index (χ3n) is 3.63. The second kappa shape index (κ2) is 5.59. The Hall–Kier alpha value is -2.31. The zero-order chi connectivity index (χ0) is 14.8. The maximum absolute atomic E-state index is 12.2. The van der Waals surface area contributed by atoms with Crippen molar-refractivity contribution in [3.8, 4) is 11.7 Å². The molecule has 0 saturated carbocycles. The molecule has 1 amide bonds. The van der Waals surface area contributed by atoms with E-state index in [9.17, 15) is 9.59 Å². The van der Waals surface area contributed by atoms with E-state index in [1.807, 2.05) is 0 Å². The van der Waals surface area contributed by atoms with Crippen LogP contribution < -0.4 is 5.76 Å². The van der Waals surface area contributed by atoms with Crippen LogP contribution in [0.2, 0.25) is 0 Å². The first kappa shape index (κ1) is 13.7. The van der Waals surface area contributed by atoms with Crippen LogP contribution in [0.1, 0.15) is 19.8 Å². The van der Waals surface area contributed by atoms with Crippen LogP contribution in [0.3, 0.4) is 0 Å². The van der Waals surface area contributed by atoms with Gasteiger partial charge in [-0.2, -0.15) is 4.68 Å². The van der Waals surface area contributed by atoms with Gasteiger partial charge in [0.25, 0.3) is 5.89 Å². The summed E-state index contributed by atoms with van der Waals surface area (Å²) in [7, 11) is 0. The van der Waals surface area contributed by atoms with Crippen LogP contribution >= 0.6 is 0 Å². The first-order chi connectivity index (χ1) is 10.1. The summed E-state index contributed by atoms with van der Waals surface area (Å²) in [4.78, 5) is 25.7. The normalized spacial score (nSPS) is 18.9. The summed E-state index contributed by atoms with van der Waals surface area (Å²) in [5.41, 5.74) is 0. The average molecular weight is 291 g/mol. The van der Waals surface area contributed by atoms with Crippen LogP contribution in [0.4, 0.5) is 0 Å². The predicted molar refractivity (Wildman–Crippen MR) is 73.4 cm³/mol. The molecule has 1 atom stereocenters. The highest BCUT2D eigenvalue weighted by molar-refractivity contribution is 5.76. The van der Waals surface area contributed by atoms with Crippen LogP contribution in [0.25, 0.3) is 11.7 Å². The minimum atomic E-state index is -0.653. The van der Waals surface area contributed by atoms with E-state index in [2.05, 4.69) is 12.0 Å². The van der Waals surface area contributed by atoms with E-state index in [0.717, 1.165) is 30.6 Å². The third kappa shape index (κ3) is 2.91.